The molecule has 0 saturated carbocycles. The van der Waals surface area contributed by atoms with Crippen LogP contribution in [0.3, 0.4) is 0 Å². The Hall–Kier alpha value is -2.42. The number of alkyl halides is 2. The van der Waals surface area contributed by atoms with Crippen LogP contribution in [0.25, 0.3) is 0 Å². The minimum atomic E-state index is -2.89. The number of rotatable bonds is 10. The lowest BCUT2D eigenvalue weighted by Gasteiger charge is -2.13. The molecule has 0 fully saturated rings. The minimum Gasteiger partial charge on any atom is -0.497 e. The summed E-state index contributed by atoms with van der Waals surface area (Å²) in [7, 11) is 1.52. The van der Waals surface area contributed by atoms with Crippen molar-refractivity contribution in [3.63, 3.8) is 0 Å². The molecule has 1 aromatic heterocycles. The molecule has 1 heterocycles. The molecule has 0 radical (unpaired) electrons. The van der Waals surface area contributed by atoms with Crippen LogP contribution < -0.4 is 20.1 Å². The molecular weight excluding hydrogens is 386 g/mol. The number of hydrogen-bond acceptors (Lipinski definition) is 5. The van der Waals surface area contributed by atoms with Gasteiger partial charge in [-0.15, -0.1) is 11.3 Å². The molecule has 0 aliphatic heterocycles. The van der Waals surface area contributed by atoms with E-state index in [2.05, 4.69) is 37.7 Å². The minimum absolute atomic E-state index is 0.0879. The first-order valence-corrected chi connectivity index (χ1v) is 10.0. The van der Waals surface area contributed by atoms with Crippen LogP contribution in [0.15, 0.2) is 28.6 Å². The van der Waals surface area contributed by atoms with E-state index in [0.717, 1.165) is 23.5 Å². The summed E-state index contributed by atoms with van der Waals surface area (Å²) in [4.78, 5) is 9.02. The third kappa shape index (κ3) is 6.95. The maximum Gasteiger partial charge on any atom is 0.387 e. The van der Waals surface area contributed by atoms with E-state index >= 15 is 0 Å². The van der Waals surface area contributed by atoms with E-state index in [1.807, 2.05) is 6.92 Å². The Morgan fingerprint density at radius 3 is 2.75 bits per heavy atom. The number of nitrogens with one attached hydrogen (secondary N) is 2. The Labute approximate surface area is 168 Å². The van der Waals surface area contributed by atoms with Gasteiger partial charge >= 0.3 is 6.61 Å². The van der Waals surface area contributed by atoms with Crippen LogP contribution in [-0.4, -0.2) is 37.8 Å². The van der Waals surface area contributed by atoms with Gasteiger partial charge in [0.2, 0.25) is 0 Å². The number of thiazole rings is 1. The SMILES string of the molecule is CCNC(=NCc1cc(OC)ccc1OC(F)F)NCCc1csc(CC)n1. The van der Waals surface area contributed by atoms with Gasteiger partial charge in [0.1, 0.15) is 11.5 Å². The second-order valence-electron chi connectivity index (χ2n) is 5.81. The van der Waals surface area contributed by atoms with Crippen molar-refractivity contribution in [3.8, 4) is 11.5 Å². The fourth-order valence-corrected chi connectivity index (χ4v) is 3.24. The molecule has 2 aromatic rings. The highest BCUT2D eigenvalue weighted by molar-refractivity contribution is 7.09. The number of methoxy groups -OCH3 is 1. The lowest BCUT2D eigenvalue weighted by Crippen LogP contribution is -2.38. The molecular formula is C19H26F2N4O2S. The lowest BCUT2D eigenvalue weighted by molar-refractivity contribution is -0.0504. The molecule has 0 bridgehead atoms. The molecule has 2 rings (SSSR count). The molecule has 6 nitrogen and oxygen atoms in total. The number of guanidine groups is 1. The van der Waals surface area contributed by atoms with Gasteiger partial charge in [-0.1, -0.05) is 6.92 Å². The van der Waals surface area contributed by atoms with Gasteiger partial charge in [0, 0.05) is 30.5 Å². The highest BCUT2D eigenvalue weighted by Gasteiger charge is 2.11. The maximum atomic E-state index is 12.6. The fourth-order valence-electron chi connectivity index (χ4n) is 2.46. The zero-order valence-electron chi connectivity index (χ0n) is 16.3. The Kier molecular flexibility index (Phi) is 8.93. The van der Waals surface area contributed by atoms with Crippen LogP contribution >= 0.6 is 11.3 Å². The normalized spacial score (nSPS) is 11.6. The molecule has 0 saturated heterocycles. The predicted molar refractivity (Wildman–Crippen MR) is 108 cm³/mol. The van der Waals surface area contributed by atoms with Crippen LogP contribution in [0, 0.1) is 0 Å². The Bertz CT molecular complexity index is 768. The maximum absolute atomic E-state index is 12.6. The highest BCUT2D eigenvalue weighted by atomic mass is 32.1. The molecule has 0 spiro atoms. The van der Waals surface area contributed by atoms with E-state index in [9.17, 15) is 8.78 Å². The van der Waals surface area contributed by atoms with Crippen molar-refractivity contribution in [2.24, 2.45) is 4.99 Å². The molecule has 1 aromatic carbocycles. The van der Waals surface area contributed by atoms with Gasteiger partial charge < -0.3 is 20.1 Å². The largest absolute Gasteiger partial charge is 0.497 e. The first-order chi connectivity index (χ1) is 13.5. The van der Waals surface area contributed by atoms with Gasteiger partial charge in [0.15, 0.2) is 5.96 Å². The molecule has 154 valence electrons. The smallest absolute Gasteiger partial charge is 0.387 e. The molecule has 2 N–H and O–H groups in total. The van der Waals surface area contributed by atoms with Crippen LogP contribution in [0.1, 0.15) is 30.1 Å². The summed E-state index contributed by atoms with van der Waals surface area (Å²) in [5, 5.41) is 9.57. The summed E-state index contributed by atoms with van der Waals surface area (Å²) >= 11 is 1.66. The number of nitrogens with zero attached hydrogens (tertiary/aromatic N) is 2. The van der Waals surface area contributed by atoms with Gasteiger partial charge in [-0.25, -0.2) is 9.98 Å². The number of hydrogen-bond donors (Lipinski definition) is 2. The molecule has 0 amide bonds. The van der Waals surface area contributed by atoms with Gasteiger partial charge in [-0.05, 0) is 31.5 Å². The molecule has 0 unspecified atom stereocenters. The zero-order valence-corrected chi connectivity index (χ0v) is 17.1. The monoisotopic (exact) mass is 412 g/mol. The summed E-state index contributed by atoms with van der Waals surface area (Å²) in [5.41, 5.74) is 1.56. The molecule has 28 heavy (non-hydrogen) atoms. The second kappa shape index (κ2) is 11.4. The lowest BCUT2D eigenvalue weighted by atomic mass is 10.2. The van der Waals surface area contributed by atoms with E-state index < -0.39 is 6.61 Å². The summed E-state index contributed by atoms with van der Waals surface area (Å²) in [6, 6.07) is 4.68. The number of halogens is 2. The van der Waals surface area contributed by atoms with Crippen molar-refractivity contribution < 1.29 is 18.3 Å². The van der Waals surface area contributed by atoms with Crippen molar-refractivity contribution in [3.05, 3.63) is 39.8 Å². The van der Waals surface area contributed by atoms with E-state index in [1.165, 1.54) is 13.2 Å². The molecule has 0 aliphatic carbocycles. The topological polar surface area (TPSA) is 67.8 Å². The van der Waals surface area contributed by atoms with Crippen molar-refractivity contribution in [1.82, 2.24) is 15.6 Å². The van der Waals surface area contributed by atoms with Crippen molar-refractivity contribution in [2.75, 3.05) is 20.2 Å². The van der Waals surface area contributed by atoms with Gasteiger partial charge in [0.05, 0.1) is 24.4 Å². The molecule has 0 atom stereocenters. The Morgan fingerprint density at radius 2 is 2.11 bits per heavy atom. The van der Waals surface area contributed by atoms with Crippen LogP contribution in [0.2, 0.25) is 0 Å². The first-order valence-electron chi connectivity index (χ1n) is 9.12. The number of ether oxygens (including phenoxy) is 2. The van der Waals surface area contributed by atoms with Crippen molar-refractivity contribution >= 4 is 17.3 Å². The Morgan fingerprint density at radius 1 is 1.29 bits per heavy atom. The average molecular weight is 413 g/mol. The molecule has 0 aliphatic rings. The van der Waals surface area contributed by atoms with Gasteiger partial charge in [0.25, 0.3) is 0 Å². The van der Waals surface area contributed by atoms with Gasteiger partial charge in [-0.2, -0.15) is 8.78 Å². The van der Waals surface area contributed by atoms with Crippen molar-refractivity contribution in [2.45, 2.75) is 39.8 Å². The summed E-state index contributed by atoms with van der Waals surface area (Å²) in [6.45, 7) is 2.67. The third-order valence-corrected chi connectivity index (χ3v) is 4.85. The van der Waals surface area contributed by atoms with Gasteiger partial charge in [-0.3, -0.25) is 0 Å². The first kappa shape index (κ1) is 21.9. The highest BCUT2D eigenvalue weighted by Crippen LogP contribution is 2.26. The van der Waals surface area contributed by atoms with E-state index in [4.69, 9.17) is 4.74 Å². The summed E-state index contributed by atoms with van der Waals surface area (Å²) in [6.07, 6.45) is 1.71. The number of aliphatic imine (C=N–C) groups is 1. The quantitative estimate of drug-likeness (QED) is 0.461. The third-order valence-electron chi connectivity index (χ3n) is 3.81. The number of aryl methyl sites for hydroxylation is 1. The van der Waals surface area contributed by atoms with E-state index in [1.54, 1.807) is 23.5 Å². The van der Waals surface area contributed by atoms with Crippen LogP contribution in [0.5, 0.6) is 11.5 Å². The van der Waals surface area contributed by atoms with Crippen LogP contribution in [-0.2, 0) is 19.4 Å². The average Bonchev–Trinajstić information content (AvgIpc) is 3.14. The number of aromatic nitrogens is 1. The number of benzene rings is 1. The second-order valence-corrected chi connectivity index (χ2v) is 6.75. The van der Waals surface area contributed by atoms with E-state index in [0.29, 0.717) is 30.4 Å². The predicted octanol–water partition coefficient (Wildman–Crippen LogP) is 3.61. The van der Waals surface area contributed by atoms with E-state index in [-0.39, 0.29) is 12.3 Å². The fraction of sp³-hybridized carbons (Fsp3) is 0.474. The summed E-state index contributed by atoms with van der Waals surface area (Å²) in [5.74, 6) is 1.24. The standard InChI is InChI=1S/C19H26F2N4O2S/c1-4-17-25-14(12-28-17)8-9-23-19(22-5-2)24-11-13-10-15(26-3)6-7-16(13)27-18(20)21/h6-7,10,12,18H,4-5,8-9,11H2,1-3H3,(H2,22,23,24). The van der Waals surface area contributed by atoms with Crippen LogP contribution in [0.4, 0.5) is 8.78 Å². The summed E-state index contributed by atoms with van der Waals surface area (Å²) < 4.78 is 35.0. The van der Waals surface area contributed by atoms with Crippen molar-refractivity contribution in [1.29, 1.82) is 0 Å². The molecule has 9 heteroatoms. The Balaban J connectivity index is 2.02. The zero-order chi connectivity index (χ0) is 20.4.